The van der Waals surface area contributed by atoms with E-state index in [-0.39, 0.29) is 11.0 Å². The second kappa shape index (κ2) is 3.98. The average molecular weight is 265 g/mol. The zero-order valence-corrected chi connectivity index (χ0v) is 10.7. The maximum Gasteiger partial charge on any atom is 0.154 e. The molecular formula is C12H15N3O2S. The molecule has 1 aliphatic carbocycles. The van der Waals surface area contributed by atoms with Crippen LogP contribution in [0.4, 0.5) is 5.69 Å². The molecule has 1 saturated carbocycles. The van der Waals surface area contributed by atoms with Crippen LogP contribution in [-0.2, 0) is 16.4 Å². The molecular weight excluding hydrogens is 250 g/mol. The molecule has 96 valence electrons. The highest BCUT2D eigenvalue weighted by molar-refractivity contribution is 7.92. The lowest BCUT2D eigenvalue weighted by atomic mass is 10.2. The van der Waals surface area contributed by atoms with Crippen molar-refractivity contribution in [2.75, 3.05) is 11.5 Å². The van der Waals surface area contributed by atoms with Gasteiger partial charge in [0.2, 0.25) is 0 Å². The monoisotopic (exact) mass is 265 g/mol. The molecule has 0 bridgehead atoms. The molecule has 1 aliphatic rings. The summed E-state index contributed by atoms with van der Waals surface area (Å²) >= 11 is 0. The van der Waals surface area contributed by atoms with Gasteiger partial charge >= 0.3 is 0 Å². The molecule has 5 nitrogen and oxygen atoms in total. The lowest BCUT2D eigenvalue weighted by molar-refractivity contribution is 0.582. The van der Waals surface area contributed by atoms with Gasteiger partial charge in [-0.1, -0.05) is 6.07 Å². The van der Waals surface area contributed by atoms with Crippen LogP contribution in [0.5, 0.6) is 0 Å². The summed E-state index contributed by atoms with van der Waals surface area (Å²) in [5.41, 5.74) is 7.40. The normalized spacial score (nSPS) is 16.2. The highest BCUT2D eigenvalue weighted by atomic mass is 32.2. The van der Waals surface area contributed by atoms with E-state index in [1.807, 2.05) is 18.2 Å². The van der Waals surface area contributed by atoms with Crippen LogP contribution >= 0.6 is 0 Å². The minimum Gasteiger partial charge on any atom is -0.398 e. The van der Waals surface area contributed by atoms with Crippen LogP contribution in [0, 0.1) is 0 Å². The van der Waals surface area contributed by atoms with Crippen molar-refractivity contribution in [2.45, 2.75) is 24.6 Å². The molecule has 0 saturated heterocycles. The summed E-state index contributed by atoms with van der Waals surface area (Å²) in [4.78, 5) is 0. The topological polar surface area (TPSA) is 78.0 Å². The van der Waals surface area contributed by atoms with Crippen molar-refractivity contribution in [3.8, 4) is 0 Å². The van der Waals surface area contributed by atoms with Crippen molar-refractivity contribution in [1.29, 1.82) is 0 Å². The smallest absolute Gasteiger partial charge is 0.154 e. The highest BCUT2D eigenvalue weighted by Gasteiger charge is 2.35. The molecule has 1 heterocycles. The number of aromatic nitrogens is 2. The first-order valence-electron chi connectivity index (χ1n) is 5.99. The molecule has 18 heavy (non-hydrogen) atoms. The third kappa shape index (κ3) is 1.96. The summed E-state index contributed by atoms with van der Waals surface area (Å²) in [6, 6.07) is 5.57. The average Bonchev–Trinajstić information content (AvgIpc) is 3.10. The van der Waals surface area contributed by atoms with E-state index in [1.165, 1.54) is 0 Å². The first-order valence-corrected chi connectivity index (χ1v) is 7.71. The number of nitrogens with zero attached hydrogens (tertiary/aromatic N) is 2. The largest absolute Gasteiger partial charge is 0.398 e. The maximum atomic E-state index is 11.8. The Hall–Kier alpha value is -1.56. The van der Waals surface area contributed by atoms with Crippen molar-refractivity contribution in [2.24, 2.45) is 0 Å². The Labute approximate surface area is 106 Å². The van der Waals surface area contributed by atoms with Crippen molar-refractivity contribution >= 4 is 26.4 Å². The second-order valence-electron chi connectivity index (χ2n) is 4.71. The van der Waals surface area contributed by atoms with Crippen LogP contribution < -0.4 is 5.73 Å². The first-order chi connectivity index (χ1) is 8.58. The number of fused-ring (bicyclic) bond motifs is 1. The maximum absolute atomic E-state index is 11.8. The van der Waals surface area contributed by atoms with Crippen molar-refractivity contribution in [3.05, 3.63) is 24.4 Å². The Morgan fingerprint density at radius 1 is 1.39 bits per heavy atom. The van der Waals surface area contributed by atoms with E-state index in [9.17, 15) is 8.42 Å². The molecule has 0 spiro atoms. The van der Waals surface area contributed by atoms with Gasteiger partial charge in [-0.25, -0.2) is 8.42 Å². The van der Waals surface area contributed by atoms with Gasteiger partial charge < -0.3 is 5.73 Å². The summed E-state index contributed by atoms with van der Waals surface area (Å²) in [6.45, 7) is 0.395. The minimum absolute atomic E-state index is 0.107. The van der Waals surface area contributed by atoms with Gasteiger partial charge in [-0.05, 0) is 25.0 Å². The molecule has 3 rings (SSSR count). The van der Waals surface area contributed by atoms with E-state index in [2.05, 4.69) is 5.10 Å². The molecule has 0 aliphatic heterocycles. The molecule has 6 heteroatoms. The fraction of sp³-hybridized carbons (Fsp3) is 0.417. The van der Waals surface area contributed by atoms with E-state index in [0.717, 1.165) is 23.7 Å². The first kappa shape index (κ1) is 11.5. The molecule has 2 N–H and O–H groups in total. The fourth-order valence-electron chi connectivity index (χ4n) is 2.11. The van der Waals surface area contributed by atoms with E-state index in [1.54, 1.807) is 10.9 Å². The Kier molecular flexibility index (Phi) is 2.55. The quantitative estimate of drug-likeness (QED) is 0.842. The number of sulfone groups is 1. The second-order valence-corrected chi connectivity index (χ2v) is 7.11. The van der Waals surface area contributed by atoms with Gasteiger partial charge in [0.1, 0.15) is 0 Å². The van der Waals surface area contributed by atoms with Gasteiger partial charge in [-0.15, -0.1) is 0 Å². The van der Waals surface area contributed by atoms with E-state index in [0.29, 0.717) is 12.2 Å². The number of anilines is 1. The SMILES string of the molecule is Nc1cccc2c1cnn2CCS(=O)(=O)C1CC1. The third-order valence-electron chi connectivity index (χ3n) is 3.34. The Bertz CT molecular complexity index is 686. The molecule has 0 amide bonds. The van der Waals surface area contributed by atoms with Crippen LogP contribution in [0.15, 0.2) is 24.4 Å². The van der Waals surface area contributed by atoms with Crippen LogP contribution in [0.2, 0.25) is 0 Å². The summed E-state index contributed by atoms with van der Waals surface area (Å²) in [5.74, 6) is 0.156. The standard InChI is InChI=1S/C12H15N3O2S/c13-11-2-1-3-12-10(11)8-14-15(12)6-7-18(16,17)9-4-5-9/h1-3,8-9H,4-7,13H2. The zero-order chi connectivity index (χ0) is 12.8. The van der Waals surface area contributed by atoms with Crippen molar-refractivity contribution < 1.29 is 8.42 Å². The van der Waals surface area contributed by atoms with Crippen LogP contribution in [-0.4, -0.2) is 29.2 Å². The molecule has 0 unspecified atom stereocenters. The van der Waals surface area contributed by atoms with Gasteiger partial charge in [0.25, 0.3) is 0 Å². The predicted molar refractivity (Wildman–Crippen MR) is 71.0 cm³/mol. The molecule has 1 fully saturated rings. The molecule has 2 aromatic rings. The van der Waals surface area contributed by atoms with Crippen molar-refractivity contribution in [3.63, 3.8) is 0 Å². The molecule has 0 atom stereocenters. The highest BCUT2D eigenvalue weighted by Crippen LogP contribution is 2.29. The van der Waals surface area contributed by atoms with E-state index in [4.69, 9.17) is 5.73 Å². The molecule has 0 radical (unpaired) electrons. The summed E-state index contributed by atoms with van der Waals surface area (Å²) in [6.07, 6.45) is 3.32. The Balaban J connectivity index is 1.85. The Morgan fingerprint density at radius 3 is 2.89 bits per heavy atom. The predicted octanol–water partition coefficient (Wildman–Crippen LogP) is 1.20. The fourth-order valence-corrected chi connectivity index (χ4v) is 3.73. The van der Waals surface area contributed by atoms with E-state index < -0.39 is 9.84 Å². The van der Waals surface area contributed by atoms with Crippen LogP contribution in [0.3, 0.4) is 0 Å². The third-order valence-corrected chi connectivity index (χ3v) is 5.58. The number of rotatable bonds is 4. The number of aryl methyl sites for hydroxylation is 1. The summed E-state index contributed by atoms with van der Waals surface area (Å²) in [7, 11) is -2.93. The lowest BCUT2D eigenvalue weighted by Gasteiger charge is -2.05. The number of benzene rings is 1. The number of nitrogens with two attached hydrogens (primary N) is 1. The van der Waals surface area contributed by atoms with Gasteiger partial charge in [-0.3, -0.25) is 4.68 Å². The van der Waals surface area contributed by atoms with E-state index >= 15 is 0 Å². The van der Waals surface area contributed by atoms with Gasteiger partial charge in [-0.2, -0.15) is 5.10 Å². The number of hydrogen-bond donors (Lipinski definition) is 1. The zero-order valence-electron chi connectivity index (χ0n) is 9.91. The van der Waals surface area contributed by atoms with Gasteiger partial charge in [0.15, 0.2) is 9.84 Å². The van der Waals surface area contributed by atoms with Crippen LogP contribution in [0.25, 0.3) is 10.9 Å². The number of nitrogen functional groups attached to an aromatic ring is 1. The minimum atomic E-state index is -2.93. The summed E-state index contributed by atoms with van der Waals surface area (Å²) in [5, 5.41) is 4.98. The summed E-state index contributed by atoms with van der Waals surface area (Å²) < 4.78 is 25.4. The van der Waals surface area contributed by atoms with Crippen LogP contribution in [0.1, 0.15) is 12.8 Å². The number of hydrogen-bond acceptors (Lipinski definition) is 4. The Morgan fingerprint density at radius 2 is 2.17 bits per heavy atom. The molecule has 1 aromatic heterocycles. The molecule has 1 aromatic carbocycles. The van der Waals surface area contributed by atoms with Gasteiger partial charge in [0.05, 0.1) is 29.3 Å². The van der Waals surface area contributed by atoms with Crippen molar-refractivity contribution in [1.82, 2.24) is 9.78 Å². The lowest BCUT2D eigenvalue weighted by Crippen LogP contribution is -2.17. The van der Waals surface area contributed by atoms with Gasteiger partial charge in [0, 0.05) is 11.1 Å².